The van der Waals surface area contributed by atoms with Crippen LogP contribution >= 0.6 is 46.4 Å². The van der Waals surface area contributed by atoms with Crippen molar-refractivity contribution in [2.24, 2.45) is 0 Å². The van der Waals surface area contributed by atoms with Crippen LogP contribution in [0.25, 0.3) is 0 Å². The molecular weight excluding hydrogens is 356 g/mol. The van der Waals surface area contributed by atoms with E-state index in [2.05, 4.69) is 5.32 Å². The van der Waals surface area contributed by atoms with Gasteiger partial charge in [-0.1, -0.05) is 46.4 Å². The minimum Gasteiger partial charge on any atom is -0.321 e. The standard InChI is InChI=1S/C10H7Cl4NO3S/c1-19(17,18)9(14)8(13)10(16)15-5-2-3-6(11)7(12)4-5/h2-4H,1H3,(H,15,16). The SMILES string of the molecule is CS(=O)(=O)C(Cl)=C(Cl)C(=O)Nc1ccc(Cl)c(Cl)c1. The van der Waals surface area contributed by atoms with Gasteiger partial charge in [0.15, 0.2) is 14.2 Å². The third-order valence-corrected chi connectivity index (χ3v) is 5.07. The zero-order chi connectivity index (χ0) is 14.8. The molecule has 1 amide bonds. The van der Waals surface area contributed by atoms with Gasteiger partial charge >= 0.3 is 0 Å². The Morgan fingerprint density at radius 1 is 1.16 bits per heavy atom. The van der Waals surface area contributed by atoms with Crippen molar-refractivity contribution in [3.05, 3.63) is 37.6 Å². The number of rotatable bonds is 3. The average molecular weight is 363 g/mol. The van der Waals surface area contributed by atoms with E-state index in [0.717, 1.165) is 6.26 Å². The van der Waals surface area contributed by atoms with Gasteiger partial charge in [-0.05, 0) is 18.2 Å². The van der Waals surface area contributed by atoms with E-state index in [-0.39, 0.29) is 5.02 Å². The topological polar surface area (TPSA) is 63.2 Å². The maximum absolute atomic E-state index is 11.7. The molecule has 0 saturated carbocycles. The monoisotopic (exact) mass is 361 g/mol. The molecule has 1 rings (SSSR count). The van der Waals surface area contributed by atoms with E-state index in [1.807, 2.05) is 0 Å². The van der Waals surface area contributed by atoms with Gasteiger partial charge in [0.1, 0.15) is 5.03 Å². The molecule has 0 radical (unpaired) electrons. The Hall–Kier alpha value is -0.460. The van der Waals surface area contributed by atoms with Crippen molar-refractivity contribution < 1.29 is 13.2 Å². The first kappa shape index (κ1) is 16.6. The molecule has 104 valence electrons. The van der Waals surface area contributed by atoms with Crippen LogP contribution < -0.4 is 5.32 Å². The van der Waals surface area contributed by atoms with Gasteiger partial charge in [-0.25, -0.2) is 8.42 Å². The van der Waals surface area contributed by atoms with Crippen molar-refractivity contribution in [2.45, 2.75) is 0 Å². The van der Waals surface area contributed by atoms with Crippen LogP contribution in [0.2, 0.25) is 10.0 Å². The predicted molar refractivity (Wildman–Crippen MR) is 78.7 cm³/mol. The fourth-order valence-corrected chi connectivity index (χ4v) is 2.28. The quantitative estimate of drug-likeness (QED) is 0.835. The number of carbonyl (C=O) groups is 1. The molecule has 0 aromatic heterocycles. The normalized spacial score (nSPS) is 12.9. The van der Waals surface area contributed by atoms with Gasteiger partial charge in [-0.3, -0.25) is 4.79 Å². The van der Waals surface area contributed by atoms with E-state index < -0.39 is 25.1 Å². The lowest BCUT2D eigenvalue weighted by Crippen LogP contribution is -2.14. The summed E-state index contributed by atoms with van der Waals surface area (Å²) in [5, 5.41) is 2.26. The maximum Gasteiger partial charge on any atom is 0.269 e. The van der Waals surface area contributed by atoms with E-state index in [1.165, 1.54) is 18.2 Å². The fraction of sp³-hybridized carbons (Fsp3) is 0.100. The summed E-state index contributed by atoms with van der Waals surface area (Å²) < 4.78 is 21.5. The summed E-state index contributed by atoms with van der Waals surface area (Å²) in [6.07, 6.45) is 0.837. The summed E-state index contributed by atoms with van der Waals surface area (Å²) in [6, 6.07) is 4.33. The molecule has 0 aliphatic rings. The molecule has 19 heavy (non-hydrogen) atoms. The molecular formula is C10H7Cl4NO3S. The van der Waals surface area contributed by atoms with Gasteiger partial charge in [0.25, 0.3) is 5.91 Å². The van der Waals surface area contributed by atoms with E-state index in [0.29, 0.717) is 10.7 Å². The second kappa shape index (κ2) is 6.33. The summed E-state index contributed by atoms with van der Waals surface area (Å²) in [4.78, 5) is 11.7. The summed E-state index contributed by atoms with van der Waals surface area (Å²) in [5.41, 5.74) is 0.301. The fourth-order valence-electron chi connectivity index (χ4n) is 1.01. The lowest BCUT2D eigenvalue weighted by Gasteiger charge is -2.06. The van der Waals surface area contributed by atoms with Gasteiger partial charge in [0.05, 0.1) is 10.0 Å². The van der Waals surface area contributed by atoms with E-state index in [9.17, 15) is 13.2 Å². The van der Waals surface area contributed by atoms with Gasteiger partial charge in [-0.15, -0.1) is 0 Å². The highest BCUT2D eigenvalue weighted by atomic mass is 35.5. The van der Waals surface area contributed by atoms with E-state index in [4.69, 9.17) is 46.4 Å². The van der Waals surface area contributed by atoms with E-state index in [1.54, 1.807) is 0 Å². The molecule has 9 heteroatoms. The second-order valence-corrected chi connectivity index (χ2v) is 7.19. The highest BCUT2D eigenvalue weighted by Gasteiger charge is 2.19. The number of amides is 1. The molecule has 4 nitrogen and oxygen atoms in total. The summed E-state index contributed by atoms with van der Waals surface area (Å²) >= 11 is 22.5. The lowest BCUT2D eigenvalue weighted by atomic mass is 10.3. The number of benzene rings is 1. The van der Waals surface area contributed by atoms with Crippen molar-refractivity contribution in [2.75, 3.05) is 11.6 Å². The zero-order valence-electron chi connectivity index (χ0n) is 9.38. The summed E-state index contributed by atoms with van der Waals surface area (Å²) in [6.45, 7) is 0. The minimum atomic E-state index is -3.75. The van der Waals surface area contributed by atoms with Gasteiger partial charge in [0.2, 0.25) is 0 Å². The Kier molecular flexibility index (Phi) is 5.53. The third-order valence-electron chi connectivity index (χ3n) is 1.87. The van der Waals surface area contributed by atoms with Crippen LogP contribution in [-0.2, 0) is 14.6 Å². The first-order chi connectivity index (χ1) is 8.62. The lowest BCUT2D eigenvalue weighted by molar-refractivity contribution is -0.112. The van der Waals surface area contributed by atoms with Crippen molar-refractivity contribution in [1.82, 2.24) is 0 Å². The first-order valence-electron chi connectivity index (χ1n) is 4.64. The number of hydrogen-bond acceptors (Lipinski definition) is 3. The Morgan fingerprint density at radius 3 is 2.21 bits per heavy atom. The average Bonchev–Trinajstić information content (AvgIpc) is 2.30. The Bertz CT molecular complexity index is 655. The van der Waals surface area contributed by atoms with Crippen LogP contribution in [0.3, 0.4) is 0 Å². The molecule has 1 aromatic carbocycles. The van der Waals surface area contributed by atoms with Crippen molar-refractivity contribution >= 4 is 67.8 Å². The Balaban J connectivity index is 3.01. The maximum atomic E-state index is 11.7. The van der Waals surface area contributed by atoms with Gasteiger partial charge in [-0.2, -0.15) is 0 Å². The van der Waals surface area contributed by atoms with Gasteiger partial charge < -0.3 is 5.32 Å². The van der Waals surface area contributed by atoms with Gasteiger partial charge in [0, 0.05) is 11.9 Å². The van der Waals surface area contributed by atoms with Crippen LogP contribution in [0.1, 0.15) is 0 Å². The first-order valence-corrected chi connectivity index (χ1v) is 8.05. The number of hydrogen-bond donors (Lipinski definition) is 1. The molecule has 0 fully saturated rings. The van der Waals surface area contributed by atoms with Crippen molar-refractivity contribution in [3.63, 3.8) is 0 Å². The molecule has 0 unspecified atom stereocenters. The number of nitrogens with one attached hydrogen (secondary N) is 1. The molecule has 0 bridgehead atoms. The molecule has 1 aromatic rings. The summed E-state index contributed by atoms with van der Waals surface area (Å²) in [5.74, 6) is -0.865. The zero-order valence-corrected chi connectivity index (χ0v) is 13.2. The number of carbonyl (C=O) groups excluding carboxylic acids is 1. The molecule has 0 saturated heterocycles. The Morgan fingerprint density at radius 2 is 1.74 bits per heavy atom. The number of anilines is 1. The van der Waals surface area contributed by atoms with Crippen LogP contribution in [0.15, 0.2) is 27.6 Å². The van der Waals surface area contributed by atoms with Crippen molar-refractivity contribution in [3.8, 4) is 0 Å². The highest BCUT2D eigenvalue weighted by Crippen LogP contribution is 2.26. The molecule has 0 atom stereocenters. The minimum absolute atomic E-state index is 0.230. The molecule has 0 heterocycles. The third kappa shape index (κ3) is 4.54. The largest absolute Gasteiger partial charge is 0.321 e. The van der Waals surface area contributed by atoms with Crippen LogP contribution in [-0.4, -0.2) is 20.6 Å². The number of halogens is 4. The smallest absolute Gasteiger partial charge is 0.269 e. The summed E-state index contributed by atoms with van der Waals surface area (Å²) in [7, 11) is -3.75. The Labute approximate surface area is 130 Å². The van der Waals surface area contributed by atoms with Crippen LogP contribution in [0.5, 0.6) is 0 Å². The molecule has 1 N–H and O–H groups in total. The molecule has 0 aliphatic heterocycles. The van der Waals surface area contributed by atoms with Crippen molar-refractivity contribution in [1.29, 1.82) is 0 Å². The number of sulfone groups is 1. The molecule has 0 aliphatic carbocycles. The van der Waals surface area contributed by atoms with Crippen LogP contribution in [0, 0.1) is 0 Å². The predicted octanol–water partition coefficient (Wildman–Crippen LogP) is 3.62. The van der Waals surface area contributed by atoms with Crippen LogP contribution in [0.4, 0.5) is 5.69 Å². The highest BCUT2D eigenvalue weighted by molar-refractivity contribution is 7.96. The second-order valence-electron chi connectivity index (χ2n) is 3.44. The van der Waals surface area contributed by atoms with E-state index >= 15 is 0 Å². The molecule has 0 spiro atoms.